The van der Waals surface area contributed by atoms with Gasteiger partial charge in [0.25, 0.3) is 5.69 Å². The van der Waals surface area contributed by atoms with E-state index in [1.165, 1.54) is 29.6 Å². The molecule has 5 rings (SSSR count). The van der Waals surface area contributed by atoms with Crippen LogP contribution in [0.2, 0.25) is 0 Å². The molecule has 2 aromatic carbocycles. The zero-order valence-corrected chi connectivity index (χ0v) is 22.3. The zero-order valence-electron chi connectivity index (χ0n) is 21.5. The quantitative estimate of drug-likeness (QED) is 0.308. The Kier molecular flexibility index (Phi) is 7.78. The number of rotatable bonds is 8. The van der Waals surface area contributed by atoms with Gasteiger partial charge in [-0.05, 0) is 41.8 Å². The van der Waals surface area contributed by atoms with Crippen molar-refractivity contribution in [2.24, 2.45) is 5.92 Å². The number of hydrogen-bond acceptors (Lipinski definition) is 8. The monoisotopic (exact) mass is 555 g/mol. The van der Waals surface area contributed by atoms with Crippen LogP contribution in [-0.4, -0.2) is 80.5 Å². The van der Waals surface area contributed by atoms with Crippen molar-refractivity contribution in [2.75, 3.05) is 57.8 Å². The van der Waals surface area contributed by atoms with Crippen LogP contribution in [0.4, 0.5) is 15.9 Å². The molecule has 0 aliphatic carbocycles. The second-order valence-corrected chi connectivity index (χ2v) is 11.7. The van der Waals surface area contributed by atoms with Crippen molar-refractivity contribution in [3.05, 3.63) is 88.4 Å². The van der Waals surface area contributed by atoms with Crippen LogP contribution in [-0.2, 0) is 10.0 Å². The average molecular weight is 556 g/mol. The number of methoxy groups -OCH3 is 1. The highest BCUT2D eigenvalue weighted by Gasteiger charge is 2.42. The molecule has 0 bridgehead atoms. The van der Waals surface area contributed by atoms with Gasteiger partial charge in [0.1, 0.15) is 22.3 Å². The molecule has 2 aliphatic rings. The van der Waals surface area contributed by atoms with Crippen molar-refractivity contribution in [2.45, 2.75) is 10.8 Å². The first kappa shape index (κ1) is 27.0. The number of benzene rings is 2. The first-order valence-electron chi connectivity index (χ1n) is 12.7. The normalized spacial score (nSPS) is 20.7. The summed E-state index contributed by atoms with van der Waals surface area (Å²) in [5.41, 5.74) is 0.494. The lowest BCUT2D eigenvalue weighted by atomic mass is 9.88. The number of non-ortho nitro benzene ring substituents is 1. The lowest BCUT2D eigenvalue weighted by Gasteiger charge is -2.37. The summed E-state index contributed by atoms with van der Waals surface area (Å²) in [4.78, 5) is 19.5. The van der Waals surface area contributed by atoms with Crippen molar-refractivity contribution < 1.29 is 22.5 Å². The molecule has 3 heterocycles. The number of nitro benzene ring substituents is 1. The maximum atomic E-state index is 14.2. The number of aromatic nitrogens is 1. The third-order valence-electron chi connectivity index (χ3n) is 7.50. The van der Waals surface area contributed by atoms with Gasteiger partial charge in [-0.2, -0.15) is 4.31 Å². The van der Waals surface area contributed by atoms with Crippen LogP contribution in [0.5, 0.6) is 5.75 Å². The average Bonchev–Trinajstić information content (AvgIpc) is 3.38. The summed E-state index contributed by atoms with van der Waals surface area (Å²) < 4.78 is 48.3. The van der Waals surface area contributed by atoms with E-state index in [1.54, 1.807) is 12.3 Å². The number of nitrogens with zero attached hydrogens (tertiary/aromatic N) is 5. The van der Waals surface area contributed by atoms with E-state index < -0.39 is 14.9 Å². The van der Waals surface area contributed by atoms with E-state index in [0.717, 1.165) is 49.7 Å². The maximum absolute atomic E-state index is 14.2. The maximum Gasteiger partial charge on any atom is 0.273 e. The molecule has 2 fully saturated rings. The minimum atomic E-state index is -4.04. The molecule has 2 atom stereocenters. The van der Waals surface area contributed by atoms with Gasteiger partial charge in [-0.25, -0.2) is 17.8 Å². The second kappa shape index (κ2) is 11.2. The van der Waals surface area contributed by atoms with Crippen LogP contribution in [0.3, 0.4) is 0 Å². The van der Waals surface area contributed by atoms with Gasteiger partial charge in [0.15, 0.2) is 0 Å². The summed E-state index contributed by atoms with van der Waals surface area (Å²) in [7, 11) is -2.75. The number of ether oxygens (including phenoxy) is 1. The molecule has 1 aromatic heterocycles. The lowest BCUT2D eigenvalue weighted by molar-refractivity contribution is -0.385. The number of nitro groups is 1. The van der Waals surface area contributed by atoms with Crippen LogP contribution in [0.1, 0.15) is 11.5 Å². The Morgan fingerprint density at radius 2 is 1.85 bits per heavy atom. The molecule has 0 saturated carbocycles. The van der Waals surface area contributed by atoms with E-state index in [2.05, 4.69) is 14.8 Å². The van der Waals surface area contributed by atoms with Crippen molar-refractivity contribution in [1.29, 1.82) is 0 Å². The van der Waals surface area contributed by atoms with Crippen molar-refractivity contribution in [1.82, 2.24) is 14.2 Å². The fourth-order valence-corrected chi connectivity index (χ4v) is 7.14. The molecule has 3 aromatic rings. The third kappa shape index (κ3) is 5.72. The van der Waals surface area contributed by atoms with Gasteiger partial charge < -0.3 is 9.64 Å². The van der Waals surface area contributed by atoms with E-state index in [1.807, 2.05) is 24.3 Å². The topological polar surface area (TPSA) is 109 Å². The fourth-order valence-electron chi connectivity index (χ4n) is 5.48. The van der Waals surface area contributed by atoms with E-state index in [4.69, 9.17) is 4.74 Å². The van der Waals surface area contributed by atoms with Gasteiger partial charge in [0, 0.05) is 64.0 Å². The van der Waals surface area contributed by atoms with Gasteiger partial charge in [-0.15, -0.1) is 0 Å². The highest BCUT2D eigenvalue weighted by atomic mass is 32.2. The molecular weight excluding hydrogens is 525 g/mol. The van der Waals surface area contributed by atoms with Crippen LogP contribution >= 0.6 is 0 Å². The Morgan fingerprint density at radius 1 is 1.05 bits per heavy atom. The molecule has 0 amide bonds. The molecule has 2 aliphatic heterocycles. The molecular formula is C27H30FN5O5S. The van der Waals surface area contributed by atoms with E-state index in [9.17, 15) is 22.9 Å². The van der Waals surface area contributed by atoms with Gasteiger partial charge >= 0.3 is 0 Å². The predicted molar refractivity (Wildman–Crippen MR) is 144 cm³/mol. The molecule has 10 nitrogen and oxygen atoms in total. The minimum Gasteiger partial charge on any atom is -0.495 e. The molecule has 0 spiro atoms. The molecule has 2 unspecified atom stereocenters. The molecule has 12 heteroatoms. The van der Waals surface area contributed by atoms with E-state index >= 15 is 0 Å². The highest BCUT2D eigenvalue weighted by molar-refractivity contribution is 7.89. The summed E-state index contributed by atoms with van der Waals surface area (Å²) in [6.07, 6.45) is 1.78. The fraction of sp³-hybridized carbons (Fsp3) is 0.370. The Balaban J connectivity index is 1.37. The van der Waals surface area contributed by atoms with E-state index in [0.29, 0.717) is 6.54 Å². The first-order valence-corrected chi connectivity index (χ1v) is 14.2. The van der Waals surface area contributed by atoms with Gasteiger partial charge in [0.05, 0.1) is 18.1 Å². The number of pyridine rings is 1. The standard InChI is InChI=1S/C27H30FN5O5S/c1-38-25-16-23(33(34)35)8-9-26(25)39(36,37)32-18-21(24(19-32)20-5-4-6-22(28)15-20)17-30-11-13-31(14-12-30)27-7-2-3-10-29-27/h2-10,15-16,21,24H,11-14,17-19H2,1H3. The summed E-state index contributed by atoms with van der Waals surface area (Å²) in [5, 5.41) is 11.2. The van der Waals surface area contributed by atoms with E-state index in [-0.39, 0.29) is 47.1 Å². The molecule has 2 saturated heterocycles. The van der Waals surface area contributed by atoms with Gasteiger partial charge in [-0.1, -0.05) is 18.2 Å². The molecule has 0 radical (unpaired) electrons. The van der Waals surface area contributed by atoms with Gasteiger partial charge in [-0.3, -0.25) is 15.0 Å². The third-order valence-corrected chi connectivity index (χ3v) is 9.37. The molecule has 0 N–H and O–H groups in total. The number of halogens is 1. The predicted octanol–water partition coefficient (Wildman–Crippen LogP) is 3.36. The first-order chi connectivity index (χ1) is 18.8. The van der Waals surface area contributed by atoms with Crippen molar-refractivity contribution >= 4 is 21.5 Å². The van der Waals surface area contributed by atoms with Crippen LogP contribution in [0, 0.1) is 21.8 Å². The van der Waals surface area contributed by atoms with Crippen LogP contribution in [0.15, 0.2) is 71.8 Å². The summed E-state index contributed by atoms with van der Waals surface area (Å²) in [6.45, 7) is 4.26. The zero-order chi connectivity index (χ0) is 27.6. The Hall–Kier alpha value is -3.61. The molecule has 206 valence electrons. The Morgan fingerprint density at radius 3 is 2.51 bits per heavy atom. The Bertz CT molecular complexity index is 1430. The van der Waals surface area contributed by atoms with Crippen LogP contribution in [0.25, 0.3) is 0 Å². The summed E-state index contributed by atoms with van der Waals surface area (Å²) >= 11 is 0. The SMILES string of the molecule is COc1cc([N+](=O)[O-])ccc1S(=O)(=O)N1CC(CN2CCN(c3ccccn3)CC2)C(c2cccc(F)c2)C1. The largest absolute Gasteiger partial charge is 0.495 e. The second-order valence-electron chi connectivity index (χ2n) is 9.81. The highest BCUT2D eigenvalue weighted by Crippen LogP contribution is 2.39. The smallest absolute Gasteiger partial charge is 0.273 e. The summed E-state index contributed by atoms with van der Waals surface area (Å²) in [6, 6.07) is 15.7. The van der Waals surface area contributed by atoms with Crippen molar-refractivity contribution in [3.63, 3.8) is 0 Å². The number of piperazine rings is 1. The van der Waals surface area contributed by atoms with Crippen LogP contribution < -0.4 is 9.64 Å². The van der Waals surface area contributed by atoms with Crippen molar-refractivity contribution in [3.8, 4) is 5.75 Å². The number of sulfonamides is 1. The molecule has 39 heavy (non-hydrogen) atoms. The lowest BCUT2D eigenvalue weighted by Crippen LogP contribution is -2.48. The van der Waals surface area contributed by atoms with Gasteiger partial charge in [0.2, 0.25) is 10.0 Å². The number of hydrogen-bond donors (Lipinski definition) is 0. The summed E-state index contributed by atoms with van der Waals surface area (Å²) in [5.74, 6) is 0.194. The minimum absolute atomic E-state index is 0.0768. The Labute approximate surface area is 226 Å². The number of anilines is 1.